The van der Waals surface area contributed by atoms with Gasteiger partial charge in [-0.05, 0) is 24.3 Å². The second-order valence-electron chi connectivity index (χ2n) is 5.34. The van der Waals surface area contributed by atoms with Gasteiger partial charge in [0, 0.05) is 19.8 Å². The molecule has 0 atom stereocenters. The molecule has 1 aromatic rings. The van der Waals surface area contributed by atoms with Crippen LogP contribution in [0.4, 0.5) is 14.9 Å². The highest BCUT2D eigenvalue weighted by Crippen LogP contribution is 2.10. The highest BCUT2D eigenvalue weighted by Gasteiger charge is 2.43. The number of hydrogen-bond donors (Lipinski definition) is 1. The van der Waals surface area contributed by atoms with Crippen LogP contribution in [0.1, 0.15) is 0 Å². The van der Waals surface area contributed by atoms with Crippen molar-refractivity contribution >= 4 is 35.3 Å². The number of hydrogen-bond acceptors (Lipinski definition) is 5. The smallest absolute Gasteiger partial charge is 0.334 e. The van der Waals surface area contributed by atoms with Crippen molar-refractivity contribution < 1.29 is 28.4 Å². The van der Waals surface area contributed by atoms with Gasteiger partial charge in [0.2, 0.25) is 11.8 Å². The van der Waals surface area contributed by atoms with E-state index in [0.717, 1.165) is 11.9 Å². The van der Waals surface area contributed by atoms with Crippen LogP contribution in [0.5, 0.6) is 0 Å². The van der Waals surface area contributed by atoms with Gasteiger partial charge in [0.05, 0.1) is 6.54 Å². The molecule has 1 heterocycles. The Bertz CT molecular complexity index is 749. The lowest BCUT2D eigenvalue weighted by Crippen LogP contribution is -2.44. The van der Waals surface area contributed by atoms with Gasteiger partial charge in [0.25, 0.3) is 0 Å². The summed E-state index contributed by atoms with van der Waals surface area (Å²) in [6, 6.07) is 4.16. The maximum atomic E-state index is 12.8. The van der Waals surface area contributed by atoms with Crippen molar-refractivity contribution in [2.45, 2.75) is 0 Å². The zero-order valence-corrected chi connectivity index (χ0v) is 13.5. The lowest BCUT2D eigenvalue weighted by molar-refractivity contribution is -0.144. The second kappa shape index (κ2) is 7.07. The van der Waals surface area contributed by atoms with Gasteiger partial charge in [0.15, 0.2) is 0 Å². The number of benzene rings is 1. The average molecular weight is 350 g/mol. The molecule has 0 aromatic heterocycles. The van der Waals surface area contributed by atoms with E-state index < -0.39 is 42.0 Å². The first-order chi connectivity index (χ1) is 11.7. The van der Waals surface area contributed by atoms with Crippen molar-refractivity contribution in [2.75, 3.05) is 32.5 Å². The Morgan fingerprint density at radius 3 is 2.24 bits per heavy atom. The summed E-state index contributed by atoms with van der Waals surface area (Å²) >= 11 is 0. The second-order valence-corrected chi connectivity index (χ2v) is 5.34. The largest absolute Gasteiger partial charge is 0.335 e. The number of carbonyl (C=O) groups excluding carboxylic acids is 5. The van der Waals surface area contributed by atoms with Crippen LogP contribution in [-0.2, 0) is 19.2 Å². The van der Waals surface area contributed by atoms with E-state index in [9.17, 15) is 28.4 Å². The number of urea groups is 1. The first kappa shape index (κ1) is 18.0. The van der Waals surface area contributed by atoms with E-state index in [-0.39, 0.29) is 6.54 Å². The van der Waals surface area contributed by atoms with Crippen molar-refractivity contribution in [1.82, 2.24) is 14.7 Å². The summed E-state index contributed by atoms with van der Waals surface area (Å²) in [5, 5.41) is 2.47. The van der Waals surface area contributed by atoms with Crippen LogP contribution in [0.25, 0.3) is 0 Å². The third kappa shape index (κ3) is 3.97. The van der Waals surface area contributed by atoms with Gasteiger partial charge in [-0.15, -0.1) is 0 Å². The Balaban J connectivity index is 1.90. The third-order valence-corrected chi connectivity index (χ3v) is 3.48. The van der Waals surface area contributed by atoms with Gasteiger partial charge >= 0.3 is 17.8 Å². The van der Waals surface area contributed by atoms with E-state index in [1.165, 1.54) is 31.3 Å². The predicted molar refractivity (Wildman–Crippen MR) is 82.5 cm³/mol. The summed E-state index contributed by atoms with van der Waals surface area (Å²) in [5.74, 6) is -3.81. The van der Waals surface area contributed by atoms with Crippen LogP contribution < -0.4 is 5.32 Å². The van der Waals surface area contributed by atoms with Crippen molar-refractivity contribution in [2.24, 2.45) is 0 Å². The zero-order valence-electron chi connectivity index (χ0n) is 13.5. The Hall–Kier alpha value is -3.30. The first-order valence-corrected chi connectivity index (χ1v) is 7.13. The fourth-order valence-electron chi connectivity index (χ4n) is 2.05. The minimum absolute atomic E-state index is 0.351. The lowest BCUT2D eigenvalue weighted by atomic mass is 10.3. The molecule has 0 radical (unpaired) electrons. The maximum absolute atomic E-state index is 12.8. The SMILES string of the molecule is CN(CC(=O)Nc1ccc(F)cc1)C(=O)CN1C(=O)C(=O)N(C)C1=O. The molecule has 1 saturated heterocycles. The molecule has 1 aliphatic heterocycles. The molecule has 1 aliphatic rings. The number of amides is 6. The number of likely N-dealkylation sites (N-methyl/N-ethyl adjacent to an activating group) is 2. The minimum Gasteiger partial charge on any atom is -0.335 e. The zero-order chi connectivity index (χ0) is 18.7. The fourth-order valence-corrected chi connectivity index (χ4v) is 2.05. The molecule has 1 N–H and O–H groups in total. The van der Waals surface area contributed by atoms with Gasteiger partial charge in [-0.25, -0.2) is 14.1 Å². The highest BCUT2D eigenvalue weighted by molar-refractivity contribution is 6.44. The maximum Gasteiger partial charge on any atom is 0.334 e. The summed E-state index contributed by atoms with van der Waals surface area (Å²) < 4.78 is 12.8. The van der Waals surface area contributed by atoms with Gasteiger partial charge < -0.3 is 10.2 Å². The predicted octanol–water partition coefficient (Wildman–Crippen LogP) is -0.357. The molecule has 25 heavy (non-hydrogen) atoms. The highest BCUT2D eigenvalue weighted by atomic mass is 19.1. The van der Waals surface area contributed by atoms with Gasteiger partial charge in [-0.2, -0.15) is 0 Å². The van der Waals surface area contributed by atoms with E-state index >= 15 is 0 Å². The number of halogens is 1. The standard InChI is InChI=1S/C15H15FN4O5/c1-18(7-11(21)17-10-5-3-9(16)4-6-10)12(22)8-20-14(24)13(23)19(2)15(20)25/h3-6H,7-8H2,1-2H3,(H,17,21). The molecule has 132 valence electrons. The number of carbonyl (C=O) groups is 5. The van der Waals surface area contributed by atoms with Gasteiger partial charge in [0.1, 0.15) is 12.4 Å². The molecular formula is C15H15FN4O5. The molecule has 0 saturated carbocycles. The monoisotopic (exact) mass is 350 g/mol. The summed E-state index contributed by atoms with van der Waals surface area (Å²) in [4.78, 5) is 60.7. The number of nitrogens with zero attached hydrogens (tertiary/aromatic N) is 3. The van der Waals surface area contributed by atoms with E-state index in [1.807, 2.05) is 0 Å². The first-order valence-electron chi connectivity index (χ1n) is 7.13. The minimum atomic E-state index is -1.09. The Labute approximate surface area is 142 Å². The van der Waals surface area contributed by atoms with Crippen molar-refractivity contribution in [3.63, 3.8) is 0 Å². The van der Waals surface area contributed by atoms with Crippen LogP contribution in [-0.4, -0.2) is 71.5 Å². The van der Waals surface area contributed by atoms with E-state index in [2.05, 4.69) is 5.32 Å². The Morgan fingerprint density at radius 1 is 1.12 bits per heavy atom. The van der Waals surface area contributed by atoms with E-state index in [1.54, 1.807) is 0 Å². The van der Waals surface area contributed by atoms with Crippen LogP contribution in [0.15, 0.2) is 24.3 Å². The quantitative estimate of drug-likeness (QED) is 0.577. The van der Waals surface area contributed by atoms with Crippen LogP contribution in [0.2, 0.25) is 0 Å². The van der Waals surface area contributed by atoms with E-state index in [0.29, 0.717) is 15.5 Å². The van der Waals surface area contributed by atoms with Crippen molar-refractivity contribution in [1.29, 1.82) is 0 Å². The number of anilines is 1. The molecule has 1 fully saturated rings. The molecule has 2 rings (SSSR count). The molecule has 0 aliphatic carbocycles. The average Bonchev–Trinajstić information content (AvgIpc) is 2.74. The lowest BCUT2D eigenvalue weighted by Gasteiger charge is -2.19. The third-order valence-electron chi connectivity index (χ3n) is 3.48. The summed E-state index contributed by atoms with van der Waals surface area (Å²) in [6.45, 7) is -0.996. The van der Waals surface area contributed by atoms with Gasteiger partial charge in [-0.3, -0.25) is 24.1 Å². The number of nitrogens with one attached hydrogen (secondary N) is 1. The fraction of sp³-hybridized carbons (Fsp3) is 0.267. The van der Waals surface area contributed by atoms with Crippen molar-refractivity contribution in [3.8, 4) is 0 Å². The molecule has 10 heteroatoms. The summed E-state index contributed by atoms with van der Waals surface area (Å²) in [5.41, 5.74) is 0.351. The summed E-state index contributed by atoms with van der Waals surface area (Å²) in [6.07, 6.45) is 0. The molecule has 6 amide bonds. The Kier molecular flexibility index (Phi) is 5.11. The van der Waals surface area contributed by atoms with Crippen molar-refractivity contribution in [3.05, 3.63) is 30.1 Å². The summed E-state index contributed by atoms with van der Waals surface area (Å²) in [7, 11) is 2.44. The number of imide groups is 2. The molecule has 1 aromatic carbocycles. The molecule has 0 bridgehead atoms. The topological polar surface area (TPSA) is 107 Å². The normalized spacial score (nSPS) is 14.1. The molecule has 0 unspecified atom stereocenters. The number of rotatable bonds is 5. The van der Waals surface area contributed by atoms with Crippen LogP contribution in [0, 0.1) is 5.82 Å². The molecular weight excluding hydrogens is 335 g/mol. The van der Waals surface area contributed by atoms with Crippen LogP contribution in [0.3, 0.4) is 0 Å². The van der Waals surface area contributed by atoms with Gasteiger partial charge in [-0.1, -0.05) is 0 Å². The van der Waals surface area contributed by atoms with E-state index in [4.69, 9.17) is 0 Å². The van der Waals surface area contributed by atoms with Crippen LogP contribution >= 0.6 is 0 Å². The Morgan fingerprint density at radius 2 is 1.72 bits per heavy atom. The molecule has 9 nitrogen and oxygen atoms in total. The molecule has 0 spiro atoms.